The second-order valence-electron chi connectivity index (χ2n) is 7.78. The Labute approximate surface area is 189 Å². The van der Waals surface area contributed by atoms with Gasteiger partial charge in [0.1, 0.15) is 11.2 Å². The average molecular weight is 467 g/mol. The number of amides is 1. The highest BCUT2D eigenvalue weighted by Crippen LogP contribution is 2.39. The molecule has 10 heteroatoms. The van der Waals surface area contributed by atoms with Gasteiger partial charge in [0.05, 0.1) is 21.4 Å². The zero-order chi connectivity index (χ0) is 20.9. The van der Waals surface area contributed by atoms with Crippen molar-refractivity contribution in [3.8, 4) is 0 Å². The van der Waals surface area contributed by atoms with Gasteiger partial charge in [-0.1, -0.05) is 42.2 Å². The average Bonchev–Trinajstić information content (AvgIpc) is 3.45. The number of anilines is 1. The van der Waals surface area contributed by atoms with Crippen molar-refractivity contribution in [2.45, 2.75) is 31.3 Å². The summed E-state index contributed by atoms with van der Waals surface area (Å²) in [5, 5.41) is 14.1. The predicted molar refractivity (Wildman–Crippen MR) is 126 cm³/mol. The second kappa shape index (κ2) is 7.54. The fourth-order valence-electron chi connectivity index (χ4n) is 4.03. The van der Waals surface area contributed by atoms with Crippen molar-refractivity contribution in [1.82, 2.24) is 24.6 Å². The first-order chi connectivity index (χ1) is 15.2. The van der Waals surface area contributed by atoms with Crippen LogP contribution < -0.4 is 5.32 Å². The number of aromatic nitrogens is 5. The van der Waals surface area contributed by atoms with E-state index in [0.29, 0.717) is 10.3 Å². The van der Waals surface area contributed by atoms with E-state index in [1.54, 1.807) is 17.7 Å². The fourth-order valence-corrected chi connectivity index (χ4v) is 6.96. The van der Waals surface area contributed by atoms with E-state index < -0.39 is 0 Å². The Morgan fingerprint density at radius 2 is 2.19 bits per heavy atom. The molecule has 1 aliphatic carbocycles. The molecule has 1 atom stereocenters. The van der Waals surface area contributed by atoms with E-state index in [0.717, 1.165) is 44.8 Å². The van der Waals surface area contributed by atoms with Crippen molar-refractivity contribution in [2.24, 2.45) is 5.92 Å². The maximum Gasteiger partial charge on any atom is 0.236 e. The summed E-state index contributed by atoms with van der Waals surface area (Å²) in [6, 6.07) is 7.85. The van der Waals surface area contributed by atoms with Crippen LogP contribution >= 0.6 is 34.4 Å². The van der Waals surface area contributed by atoms with Gasteiger partial charge in [-0.25, -0.2) is 9.97 Å². The van der Waals surface area contributed by atoms with Crippen LogP contribution in [-0.4, -0.2) is 36.2 Å². The molecule has 4 heterocycles. The molecule has 0 radical (unpaired) electrons. The number of benzene rings is 1. The van der Waals surface area contributed by atoms with E-state index in [4.69, 9.17) is 0 Å². The number of nitrogens with zero attached hydrogens (tertiary/aromatic N) is 5. The number of carbonyl (C=O) groups excluding carboxylic acids is 1. The summed E-state index contributed by atoms with van der Waals surface area (Å²) in [5.41, 5.74) is 3.11. The molecule has 31 heavy (non-hydrogen) atoms. The quantitative estimate of drug-likeness (QED) is 0.383. The third kappa shape index (κ3) is 3.38. The van der Waals surface area contributed by atoms with E-state index in [2.05, 4.69) is 32.4 Å². The van der Waals surface area contributed by atoms with Crippen molar-refractivity contribution in [2.75, 3.05) is 11.1 Å². The summed E-state index contributed by atoms with van der Waals surface area (Å²) in [6.45, 7) is 2.31. The number of thiophene rings is 1. The molecule has 1 amide bonds. The van der Waals surface area contributed by atoms with Gasteiger partial charge in [-0.2, -0.15) is 0 Å². The molecule has 7 nitrogen and oxygen atoms in total. The lowest BCUT2D eigenvalue weighted by Crippen LogP contribution is -2.14. The number of carbonyl (C=O) groups is 1. The van der Waals surface area contributed by atoms with Crippen molar-refractivity contribution in [3.05, 3.63) is 41.0 Å². The third-order valence-electron chi connectivity index (χ3n) is 5.54. The molecule has 5 aromatic rings. The summed E-state index contributed by atoms with van der Waals surface area (Å²) in [7, 11) is 0. The molecule has 1 aromatic carbocycles. The standard InChI is InChI=1S/C21H18N6OS3/c1-11-6-7-12-15(8-11)30-19-17(12)18-25-26-21(27(18)10-22-19)29-9-16(28)24-20-23-13-4-2-3-5-14(13)31-20/h2-5,10-11H,6-9H2,1H3,(H,23,24,28)/t11-/m1/s1. The lowest BCUT2D eigenvalue weighted by Gasteiger charge is -2.17. The van der Waals surface area contributed by atoms with Crippen LogP contribution in [0.2, 0.25) is 0 Å². The molecule has 4 aromatic heterocycles. The number of para-hydroxylation sites is 1. The predicted octanol–water partition coefficient (Wildman–Crippen LogP) is 4.80. The molecule has 0 spiro atoms. The zero-order valence-electron chi connectivity index (χ0n) is 16.7. The van der Waals surface area contributed by atoms with Crippen LogP contribution in [0.1, 0.15) is 23.8 Å². The highest BCUT2D eigenvalue weighted by atomic mass is 32.2. The first-order valence-electron chi connectivity index (χ1n) is 10.1. The molecular weight excluding hydrogens is 448 g/mol. The summed E-state index contributed by atoms with van der Waals surface area (Å²) in [5.74, 6) is 0.833. The molecule has 1 aliphatic rings. The van der Waals surface area contributed by atoms with E-state index in [1.807, 2.05) is 28.7 Å². The number of hydrogen-bond donors (Lipinski definition) is 1. The van der Waals surface area contributed by atoms with Crippen molar-refractivity contribution in [1.29, 1.82) is 0 Å². The van der Waals surface area contributed by atoms with Gasteiger partial charge in [0.2, 0.25) is 5.91 Å². The molecular formula is C21H18N6OS3. The second-order valence-corrected chi connectivity index (χ2v) is 10.8. The first-order valence-corrected chi connectivity index (χ1v) is 12.7. The highest BCUT2D eigenvalue weighted by Gasteiger charge is 2.24. The number of thiazole rings is 1. The van der Waals surface area contributed by atoms with Crippen LogP contribution in [-0.2, 0) is 17.6 Å². The highest BCUT2D eigenvalue weighted by molar-refractivity contribution is 7.99. The van der Waals surface area contributed by atoms with Crippen LogP contribution in [0.3, 0.4) is 0 Å². The van der Waals surface area contributed by atoms with Crippen molar-refractivity contribution < 1.29 is 4.79 Å². The van der Waals surface area contributed by atoms with E-state index in [1.165, 1.54) is 40.0 Å². The molecule has 6 rings (SSSR count). The van der Waals surface area contributed by atoms with Crippen LogP contribution in [0.25, 0.3) is 26.1 Å². The minimum atomic E-state index is -0.114. The zero-order valence-corrected chi connectivity index (χ0v) is 19.1. The van der Waals surface area contributed by atoms with Crippen LogP contribution in [0.4, 0.5) is 5.13 Å². The van der Waals surface area contributed by atoms with Gasteiger partial charge in [-0.15, -0.1) is 21.5 Å². The molecule has 0 saturated heterocycles. The Bertz CT molecular complexity index is 1420. The molecule has 0 bridgehead atoms. The Balaban J connectivity index is 1.23. The Morgan fingerprint density at radius 3 is 3.10 bits per heavy atom. The van der Waals surface area contributed by atoms with Gasteiger partial charge < -0.3 is 5.32 Å². The van der Waals surface area contributed by atoms with E-state index in [9.17, 15) is 4.79 Å². The lowest BCUT2D eigenvalue weighted by atomic mass is 9.89. The number of hydrogen-bond acceptors (Lipinski definition) is 8. The normalized spacial score (nSPS) is 16.2. The lowest BCUT2D eigenvalue weighted by molar-refractivity contribution is -0.113. The minimum Gasteiger partial charge on any atom is -0.301 e. The summed E-state index contributed by atoms with van der Waals surface area (Å²) in [6.07, 6.45) is 5.15. The maximum absolute atomic E-state index is 12.5. The molecule has 0 aliphatic heterocycles. The third-order valence-corrected chi connectivity index (χ3v) is 8.60. The monoisotopic (exact) mass is 466 g/mol. The van der Waals surface area contributed by atoms with E-state index in [-0.39, 0.29) is 11.7 Å². The molecule has 0 saturated carbocycles. The van der Waals surface area contributed by atoms with Crippen LogP contribution in [0.5, 0.6) is 0 Å². The summed E-state index contributed by atoms with van der Waals surface area (Å²) < 4.78 is 2.96. The largest absolute Gasteiger partial charge is 0.301 e. The number of aryl methyl sites for hydroxylation is 1. The minimum absolute atomic E-state index is 0.114. The smallest absolute Gasteiger partial charge is 0.236 e. The Hall–Kier alpha value is -2.56. The van der Waals surface area contributed by atoms with Gasteiger partial charge in [0, 0.05) is 4.88 Å². The van der Waals surface area contributed by atoms with Gasteiger partial charge >= 0.3 is 0 Å². The number of thioether (sulfide) groups is 1. The summed E-state index contributed by atoms with van der Waals surface area (Å²) in [4.78, 5) is 24.1. The summed E-state index contributed by atoms with van der Waals surface area (Å²) >= 11 is 4.61. The van der Waals surface area contributed by atoms with Gasteiger partial charge in [-0.3, -0.25) is 9.20 Å². The van der Waals surface area contributed by atoms with Gasteiger partial charge in [-0.05, 0) is 42.9 Å². The van der Waals surface area contributed by atoms with Gasteiger partial charge in [0.15, 0.2) is 15.9 Å². The SMILES string of the molecule is C[C@@H]1CCc2c(sc3ncn4c(SCC(=O)Nc5nc6ccccc6s5)nnc4c23)C1. The number of fused-ring (bicyclic) bond motifs is 6. The first kappa shape index (κ1) is 19.1. The number of rotatable bonds is 4. The molecule has 156 valence electrons. The maximum atomic E-state index is 12.5. The van der Waals surface area contributed by atoms with Crippen molar-refractivity contribution >= 4 is 71.6 Å². The fraction of sp³-hybridized carbons (Fsp3) is 0.286. The van der Waals surface area contributed by atoms with E-state index >= 15 is 0 Å². The van der Waals surface area contributed by atoms with Crippen molar-refractivity contribution in [3.63, 3.8) is 0 Å². The Kier molecular flexibility index (Phi) is 4.66. The van der Waals surface area contributed by atoms with Gasteiger partial charge in [0.25, 0.3) is 0 Å². The number of nitrogens with one attached hydrogen (secondary N) is 1. The van der Waals surface area contributed by atoms with Crippen LogP contribution in [0, 0.1) is 5.92 Å². The molecule has 0 fully saturated rings. The Morgan fingerprint density at radius 1 is 1.29 bits per heavy atom. The molecule has 0 unspecified atom stereocenters. The van der Waals surface area contributed by atoms with Crippen LogP contribution in [0.15, 0.2) is 35.7 Å². The molecule has 1 N–H and O–H groups in total. The topological polar surface area (TPSA) is 85.1 Å².